The number of nitrogens with one attached hydrogen (secondary N) is 1. The van der Waals surface area contributed by atoms with Crippen molar-refractivity contribution in [2.45, 2.75) is 24.4 Å². The Morgan fingerprint density at radius 3 is 2.24 bits per heavy atom. The SMILES string of the molecule is CNC(=O)C(C)N(Cc1ccc(Cl)cc1Cl)C(=O)CN(c1ccc(OC)c(Cl)c1)S(=O)(=O)c1ccccc1. The molecule has 0 aromatic heterocycles. The molecular formula is C26H26Cl3N3O5S. The van der Waals surface area contributed by atoms with Gasteiger partial charge in [-0.2, -0.15) is 0 Å². The van der Waals surface area contributed by atoms with E-state index in [9.17, 15) is 18.0 Å². The number of halogens is 3. The highest BCUT2D eigenvalue weighted by molar-refractivity contribution is 7.92. The van der Waals surface area contributed by atoms with E-state index < -0.39 is 34.4 Å². The third-order valence-electron chi connectivity index (χ3n) is 5.80. The van der Waals surface area contributed by atoms with Gasteiger partial charge in [-0.15, -0.1) is 0 Å². The molecule has 0 saturated heterocycles. The van der Waals surface area contributed by atoms with E-state index in [0.717, 1.165) is 4.31 Å². The summed E-state index contributed by atoms with van der Waals surface area (Å²) in [5.74, 6) is -0.738. The molecule has 3 rings (SSSR count). The summed E-state index contributed by atoms with van der Waals surface area (Å²) < 4.78 is 33.6. The molecule has 0 fully saturated rings. The average molecular weight is 599 g/mol. The summed E-state index contributed by atoms with van der Waals surface area (Å²) in [7, 11) is -1.33. The van der Waals surface area contributed by atoms with Gasteiger partial charge >= 0.3 is 0 Å². The number of benzene rings is 3. The molecule has 0 spiro atoms. The van der Waals surface area contributed by atoms with E-state index in [0.29, 0.717) is 21.4 Å². The largest absolute Gasteiger partial charge is 0.495 e. The molecule has 1 atom stereocenters. The maximum Gasteiger partial charge on any atom is 0.264 e. The van der Waals surface area contributed by atoms with Crippen molar-refractivity contribution in [3.63, 3.8) is 0 Å². The number of methoxy groups -OCH3 is 1. The van der Waals surface area contributed by atoms with Crippen molar-refractivity contribution < 1.29 is 22.7 Å². The van der Waals surface area contributed by atoms with Gasteiger partial charge in [-0.25, -0.2) is 8.42 Å². The molecule has 0 bridgehead atoms. The number of ether oxygens (including phenoxy) is 1. The van der Waals surface area contributed by atoms with Crippen molar-refractivity contribution in [1.29, 1.82) is 0 Å². The molecule has 38 heavy (non-hydrogen) atoms. The first-order valence-corrected chi connectivity index (χ1v) is 13.9. The topological polar surface area (TPSA) is 96.0 Å². The zero-order valence-corrected chi connectivity index (χ0v) is 23.9. The minimum atomic E-state index is -4.21. The van der Waals surface area contributed by atoms with Crippen molar-refractivity contribution >= 4 is 62.3 Å². The van der Waals surface area contributed by atoms with Crippen molar-refractivity contribution in [3.05, 3.63) is 87.4 Å². The highest BCUT2D eigenvalue weighted by Gasteiger charge is 2.32. The van der Waals surface area contributed by atoms with Gasteiger partial charge in [0.15, 0.2) is 0 Å². The van der Waals surface area contributed by atoms with Gasteiger partial charge in [-0.3, -0.25) is 13.9 Å². The van der Waals surface area contributed by atoms with Crippen LogP contribution in [0.5, 0.6) is 5.75 Å². The second-order valence-corrected chi connectivity index (χ2v) is 11.3. The lowest BCUT2D eigenvalue weighted by molar-refractivity contribution is -0.139. The molecule has 1 N–H and O–H groups in total. The first kappa shape index (κ1) is 29.6. The molecule has 2 amide bonds. The predicted molar refractivity (Wildman–Crippen MR) is 150 cm³/mol. The Hall–Kier alpha value is -2.98. The van der Waals surface area contributed by atoms with Gasteiger partial charge in [-0.1, -0.05) is 59.1 Å². The summed E-state index contributed by atoms with van der Waals surface area (Å²) in [6, 6.07) is 15.9. The van der Waals surface area contributed by atoms with Crippen LogP contribution in [0.4, 0.5) is 5.69 Å². The third kappa shape index (κ3) is 6.71. The van der Waals surface area contributed by atoms with Gasteiger partial charge in [0.1, 0.15) is 18.3 Å². The number of rotatable bonds is 10. The van der Waals surface area contributed by atoms with E-state index in [-0.39, 0.29) is 22.2 Å². The number of hydrogen-bond donors (Lipinski definition) is 1. The van der Waals surface area contributed by atoms with E-state index in [1.165, 1.54) is 55.5 Å². The Labute approximate surface area is 237 Å². The van der Waals surface area contributed by atoms with Crippen molar-refractivity contribution in [2.75, 3.05) is 25.0 Å². The maximum absolute atomic E-state index is 13.8. The second-order valence-electron chi connectivity index (χ2n) is 8.19. The first-order valence-electron chi connectivity index (χ1n) is 11.4. The summed E-state index contributed by atoms with van der Waals surface area (Å²) in [6.45, 7) is 0.860. The number of amides is 2. The van der Waals surface area contributed by atoms with Gasteiger partial charge in [0.05, 0.1) is 22.7 Å². The van der Waals surface area contributed by atoms with Crippen LogP contribution in [0.25, 0.3) is 0 Å². The van der Waals surface area contributed by atoms with E-state index in [2.05, 4.69) is 5.32 Å². The Morgan fingerprint density at radius 1 is 0.974 bits per heavy atom. The summed E-state index contributed by atoms with van der Waals surface area (Å²) in [4.78, 5) is 27.6. The lowest BCUT2D eigenvalue weighted by atomic mass is 10.1. The number of sulfonamides is 1. The molecule has 0 radical (unpaired) electrons. The van der Waals surface area contributed by atoms with Crippen LogP contribution >= 0.6 is 34.8 Å². The second kappa shape index (κ2) is 12.7. The first-order chi connectivity index (χ1) is 18.0. The normalized spacial score (nSPS) is 11.9. The van der Waals surface area contributed by atoms with E-state index in [1.54, 1.807) is 37.3 Å². The quantitative estimate of drug-likeness (QED) is 0.354. The summed E-state index contributed by atoms with van der Waals surface area (Å²) in [5.41, 5.74) is 0.676. The van der Waals surface area contributed by atoms with E-state index in [1.807, 2.05) is 0 Å². The van der Waals surface area contributed by atoms with Gasteiger partial charge in [0.25, 0.3) is 10.0 Å². The van der Waals surface area contributed by atoms with Crippen molar-refractivity contribution in [1.82, 2.24) is 10.2 Å². The van der Waals surface area contributed by atoms with Crippen LogP contribution in [-0.4, -0.2) is 51.9 Å². The number of carbonyl (C=O) groups is 2. The van der Waals surface area contributed by atoms with Crippen LogP contribution in [0, 0.1) is 0 Å². The van der Waals surface area contributed by atoms with E-state index >= 15 is 0 Å². The van der Waals surface area contributed by atoms with Crippen LogP contribution in [0.3, 0.4) is 0 Å². The molecule has 8 nitrogen and oxygen atoms in total. The Balaban J connectivity index is 2.07. The van der Waals surface area contributed by atoms with Crippen molar-refractivity contribution in [2.24, 2.45) is 0 Å². The van der Waals surface area contributed by atoms with Gasteiger partial charge in [0, 0.05) is 23.6 Å². The number of carbonyl (C=O) groups excluding carboxylic acids is 2. The molecule has 0 saturated carbocycles. The fraction of sp³-hybridized carbons (Fsp3) is 0.231. The van der Waals surface area contributed by atoms with Crippen LogP contribution in [0.15, 0.2) is 71.6 Å². The lowest BCUT2D eigenvalue weighted by Crippen LogP contribution is -2.50. The molecule has 0 aliphatic carbocycles. The molecule has 3 aromatic rings. The Bertz CT molecular complexity index is 1420. The minimum absolute atomic E-state index is 0.0219. The molecule has 12 heteroatoms. The standard InChI is InChI=1S/C26H26Cl3N3O5S/c1-17(26(34)30-2)31(15-18-9-10-19(27)13-22(18)28)25(33)16-32(20-11-12-24(37-3)23(29)14-20)38(35,36)21-7-5-4-6-8-21/h4-14,17H,15-16H2,1-3H3,(H,30,34). The molecule has 202 valence electrons. The molecule has 0 aliphatic rings. The summed E-state index contributed by atoms with van der Waals surface area (Å²) in [5, 5.41) is 3.39. The molecule has 1 unspecified atom stereocenters. The fourth-order valence-corrected chi connectivity index (χ4v) is 5.83. The fourth-order valence-electron chi connectivity index (χ4n) is 3.68. The predicted octanol–water partition coefficient (Wildman–Crippen LogP) is 5.01. The van der Waals surface area contributed by atoms with E-state index in [4.69, 9.17) is 39.5 Å². The zero-order chi connectivity index (χ0) is 28.0. The van der Waals surface area contributed by atoms with Crippen LogP contribution in [-0.2, 0) is 26.2 Å². The third-order valence-corrected chi connectivity index (χ3v) is 8.47. The van der Waals surface area contributed by atoms with Gasteiger partial charge < -0.3 is 15.0 Å². The lowest BCUT2D eigenvalue weighted by Gasteiger charge is -2.32. The zero-order valence-electron chi connectivity index (χ0n) is 20.8. The highest BCUT2D eigenvalue weighted by atomic mass is 35.5. The molecule has 3 aromatic carbocycles. The number of nitrogens with zero attached hydrogens (tertiary/aromatic N) is 2. The maximum atomic E-state index is 13.8. The Morgan fingerprint density at radius 2 is 1.66 bits per heavy atom. The van der Waals surface area contributed by atoms with Gasteiger partial charge in [-0.05, 0) is 55.0 Å². The number of anilines is 1. The van der Waals surface area contributed by atoms with Crippen molar-refractivity contribution in [3.8, 4) is 5.75 Å². The summed E-state index contributed by atoms with van der Waals surface area (Å²) >= 11 is 18.6. The van der Waals surface area contributed by atoms with Gasteiger partial charge in [0.2, 0.25) is 11.8 Å². The molecule has 0 heterocycles. The summed E-state index contributed by atoms with van der Waals surface area (Å²) in [6.07, 6.45) is 0. The highest BCUT2D eigenvalue weighted by Crippen LogP contribution is 2.32. The molecular weight excluding hydrogens is 573 g/mol. The monoisotopic (exact) mass is 597 g/mol. The average Bonchev–Trinajstić information content (AvgIpc) is 2.90. The van der Waals surface area contributed by atoms with Crippen LogP contribution in [0.2, 0.25) is 15.1 Å². The number of hydrogen-bond acceptors (Lipinski definition) is 5. The van der Waals surface area contributed by atoms with Crippen LogP contribution in [0.1, 0.15) is 12.5 Å². The van der Waals surface area contributed by atoms with Crippen LogP contribution < -0.4 is 14.4 Å². The molecule has 0 aliphatic heterocycles. The smallest absolute Gasteiger partial charge is 0.264 e. The Kier molecular flexibility index (Phi) is 9.89. The number of likely N-dealkylation sites (N-methyl/N-ethyl adjacent to an activating group) is 1. The minimum Gasteiger partial charge on any atom is -0.495 e.